The molecule has 0 bridgehead atoms. The number of carbonyl (C=O) groups excluding carboxylic acids is 2. The summed E-state index contributed by atoms with van der Waals surface area (Å²) in [4.78, 5) is 28.0. The molecule has 0 saturated carbocycles. The van der Waals surface area contributed by atoms with Crippen molar-refractivity contribution >= 4 is 17.5 Å². The van der Waals surface area contributed by atoms with Gasteiger partial charge in [-0.2, -0.15) is 0 Å². The van der Waals surface area contributed by atoms with Crippen LogP contribution in [0.25, 0.3) is 0 Å². The largest absolute Gasteiger partial charge is 0.339 e. The fraction of sp³-hybridized carbons (Fsp3) is 0.310. The average molecular weight is 456 g/mol. The highest BCUT2D eigenvalue weighted by atomic mass is 16.2. The number of likely N-dealkylation sites (tertiary alicyclic amines) is 1. The third-order valence-electron chi connectivity index (χ3n) is 6.40. The van der Waals surface area contributed by atoms with Gasteiger partial charge in [0.1, 0.15) is 6.04 Å². The molecule has 0 spiro atoms. The number of hydrogen-bond acceptors (Lipinski definition) is 3. The van der Waals surface area contributed by atoms with E-state index in [1.54, 1.807) is 0 Å². The van der Waals surface area contributed by atoms with Gasteiger partial charge in [-0.1, -0.05) is 54.6 Å². The van der Waals surface area contributed by atoms with Gasteiger partial charge in [0.05, 0.1) is 0 Å². The van der Waals surface area contributed by atoms with Crippen LogP contribution >= 0.6 is 0 Å². The Hall–Kier alpha value is -3.44. The summed E-state index contributed by atoms with van der Waals surface area (Å²) < 4.78 is 0. The molecule has 1 heterocycles. The second-order valence-electron chi connectivity index (χ2n) is 9.08. The average Bonchev–Trinajstić information content (AvgIpc) is 2.87. The molecule has 1 saturated heterocycles. The van der Waals surface area contributed by atoms with E-state index in [1.807, 2.05) is 91.5 Å². The van der Waals surface area contributed by atoms with Crippen molar-refractivity contribution < 1.29 is 9.59 Å². The van der Waals surface area contributed by atoms with Gasteiger partial charge in [0.2, 0.25) is 5.91 Å². The Balaban J connectivity index is 1.45. The van der Waals surface area contributed by atoms with Crippen molar-refractivity contribution in [3.63, 3.8) is 0 Å². The van der Waals surface area contributed by atoms with Gasteiger partial charge in [-0.05, 0) is 73.6 Å². The second kappa shape index (κ2) is 11.1. The van der Waals surface area contributed by atoms with Crippen molar-refractivity contribution in [2.75, 3.05) is 18.4 Å². The summed E-state index contributed by atoms with van der Waals surface area (Å²) in [6, 6.07) is 23.0. The van der Waals surface area contributed by atoms with Crippen LogP contribution in [-0.4, -0.2) is 29.8 Å². The number of aryl methyl sites for hydroxylation is 2. The third-order valence-corrected chi connectivity index (χ3v) is 6.40. The predicted octanol–water partition coefficient (Wildman–Crippen LogP) is 5.40. The Morgan fingerprint density at radius 1 is 0.882 bits per heavy atom. The van der Waals surface area contributed by atoms with Crippen molar-refractivity contribution in [3.8, 4) is 0 Å². The van der Waals surface area contributed by atoms with Gasteiger partial charge >= 0.3 is 0 Å². The molecular formula is C29H33N3O2. The van der Waals surface area contributed by atoms with Crippen molar-refractivity contribution in [1.82, 2.24) is 10.2 Å². The van der Waals surface area contributed by atoms with Gasteiger partial charge in [-0.15, -0.1) is 0 Å². The van der Waals surface area contributed by atoms with Gasteiger partial charge in [0.25, 0.3) is 5.91 Å². The Labute approximate surface area is 202 Å². The van der Waals surface area contributed by atoms with E-state index in [4.69, 9.17) is 0 Å². The van der Waals surface area contributed by atoms with Crippen LogP contribution in [0.3, 0.4) is 0 Å². The van der Waals surface area contributed by atoms with Crippen LogP contribution in [0.15, 0.2) is 72.8 Å². The molecule has 1 unspecified atom stereocenters. The molecule has 2 N–H and O–H groups in total. The summed E-state index contributed by atoms with van der Waals surface area (Å²) in [5, 5.41) is 6.51. The molecule has 2 amide bonds. The molecule has 0 aromatic heterocycles. The number of piperidine rings is 1. The van der Waals surface area contributed by atoms with E-state index < -0.39 is 6.04 Å². The Morgan fingerprint density at radius 3 is 2.29 bits per heavy atom. The van der Waals surface area contributed by atoms with Crippen LogP contribution in [0.1, 0.15) is 57.9 Å². The van der Waals surface area contributed by atoms with E-state index >= 15 is 0 Å². The molecule has 5 heteroatoms. The Morgan fingerprint density at radius 2 is 1.59 bits per heavy atom. The second-order valence-corrected chi connectivity index (χ2v) is 9.08. The highest BCUT2D eigenvalue weighted by Crippen LogP contribution is 2.21. The highest BCUT2D eigenvalue weighted by Gasteiger charge is 2.21. The fourth-order valence-corrected chi connectivity index (χ4v) is 4.35. The van der Waals surface area contributed by atoms with Crippen LogP contribution in [0.2, 0.25) is 0 Å². The molecule has 1 fully saturated rings. The van der Waals surface area contributed by atoms with Gasteiger partial charge in [0.15, 0.2) is 0 Å². The van der Waals surface area contributed by atoms with E-state index in [2.05, 4.69) is 10.6 Å². The smallest absolute Gasteiger partial charge is 0.253 e. The summed E-state index contributed by atoms with van der Waals surface area (Å²) in [6.45, 7) is 6.21. The van der Waals surface area contributed by atoms with Gasteiger partial charge < -0.3 is 10.2 Å². The summed E-state index contributed by atoms with van der Waals surface area (Å²) in [5.74, 6) is 0.00562. The summed E-state index contributed by atoms with van der Waals surface area (Å²) in [6.07, 6.45) is 3.37. The molecular weight excluding hydrogens is 422 g/mol. The lowest BCUT2D eigenvalue weighted by Gasteiger charge is -2.26. The van der Waals surface area contributed by atoms with Crippen LogP contribution in [0, 0.1) is 13.8 Å². The lowest BCUT2D eigenvalue weighted by molar-refractivity contribution is -0.118. The van der Waals surface area contributed by atoms with E-state index in [1.165, 1.54) is 6.42 Å². The SMILES string of the molecule is Cc1ccc(C)c(NC(=O)C(NCc2ccc(C(=O)N3CCCCC3)cc2)c2ccccc2)c1. The van der Waals surface area contributed by atoms with E-state index in [9.17, 15) is 9.59 Å². The van der Waals surface area contributed by atoms with Crippen molar-refractivity contribution in [1.29, 1.82) is 0 Å². The number of nitrogens with one attached hydrogen (secondary N) is 2. The van der Waals surface area contributed by atoms with Gasteiger partial charge in [-0.3, -0.25) is 14.9 Å². The molecule has 176 valence electrons. The first kappa shape index (κ1) is 23.7. The number of carbonyl (C=O) groups is 2. The number of anilines is 1. The van der Waals surface area contributed by atoms with Crippen LogP contribution in [-0.2, 0) is 11.3 Å². The number of hydrogen-bond donors (Lipinski definition) is 2. The molecule has 3 aromatic rings. The minimum Gasteiger partial charge on any atom is -0.339 e. The Bertz CT molecular complexity index is 1120. The third kappa shape index (κ3) is 5.91. The molecule has 1 atom stereocenters. The first-order chi connectivity index (χ1) is 16.5. The van der Waals surface area contributed by atoms with Crippen LogP contribution in [0.4, 0.5) is 5.69 Å². The summed E-state index contributed by atoms with van der Waals surface area (Å²) in [5.41, 5.74) is 5.60. The minimum absolute atomic E-state index is 0.100. The van der Waals surface area contributed by atoms with E-state index in [0.29, 0.717) is 6.54 Å². The maximum atomic E-state index is 13.3. The van der Waals surface area contributed by atoms with Gasteiger partial charge in [-0.25, -0.2) is 0 Å². The maximum Gasteiger partial charge on any atom is 0.253 e. The predicted molar refractivity (Wildman–Crippen MR) is 137 cm³/mol. The summed E-state index contributed by atoms with van der Waals surface area (Å²) >= 11 is 0. The standard InChI is InChI=1S/C29H33N3O2/c1-21-11-12-22(2)26(19-21)31-28(33)27(24-9-5-3-6-10-24)30-20-23-13-15-25(16-14-23)29(34)32-17-7-4-8-18-32/h3,5-6,9-16,19,27,30H,4,7-8,17-18,20H2,1-2H3,(H,31,33). The maximum absolute atomic E-state index is 13.3. The first-order valence-corrected chi connectivity index (χ1v) is 12.1. The zero-order valence-corrected chi connectivity index (χ0v) is 20.0. The number of amides is 2. The topological polar surface area (TPSA) is 61.4 Å². The van der Waals surface area contributed by atoms with Crippen LogP contribution < -0.4 is 10.6 Å². The molecule has 1 aliphatic heterocycles. The van der Waals surface area contributed by atoms with Crippen molar-refractivity contribution in [2.24, 2.45) is 0 Å². The molecule has 0 aliphatic carbocycles. The normalized spacial score (nSPS) is 14.5. The molecule has 5 nitrogen and oxygen atoms in total. The van der Waals surface area contributed by atoms with Crippen molar-refractivity contribution in [3.05, 3.63) is 101 Å². The van der Waals surface area contributed by atoms with E-state index in [-0.39, 0.29) is 11.8 Å². The fourth-order valence-electron chi connectivity index (χ4n) is 4.35. The Kier molecular flexibility index (Phi) is 7.76. The monoisotopic (exact) mass is 455 g/mol. The molecule has 34 heavy (non-hydrogen) atoms. The first-order valence-electron chi connectivity index (χ1n) is 12.1. The zero-order chi connectivity index (χ0) is 23.9. The lowest BCUT2D eigenvalue weighted by atomic mass is 10.0. The zero-order valence-electron chi connectivity index (χ0n) is 20.0. The number of nitrogens with zero attached hydrogens (tertiary/aromatic N) is 1. The highest BCUT2D eigenvalue weighted by molar-refractivity contribution is 5.96. The van der Waals surface area contributed by atoms with E-state index in [0.717, 1.165) is 59.4 Å². The lowest BCUT2D eigenvalue weighted by Crippen LogP contribution is -2.35. The molecule has 1 aliphatic rings. The van der Waals surface area contributed by atoms with Crippen molar-refractivity contribution in [2.45, 2.75) is 45.7 Å². The summed E-state index contributed by atoms with van der Waals surface area (Å²) in [7, 11) is 0. The number of benzene rings is 3. The van der Waals surface area contributed by atoms with Crippen LogP contribution in [0.5, 0.6) is 0 Å². The molecule has 4 rings (SSSR count). The molecule has 0 radical (unpaired) electrons. The minimum atomic E-state index is -0.504. The number of rotatable bonds is 7. The molecule has 3 aromatic carbocycles. The van der Waals surface area contributed by atoms with Gasteiger partial charge in [0, 0.05) is 30.9 Å². The quantitative estimate of drug-likeness (QED) is 0.502.